The number of carbonyl (C=O) groups is 2. The highest BCUT2D eigenvalue weighted by Crippen LogP contribution is 2.23. The smallest absolute Gasteiger partial charge is 0.253 e. The number of amides is 2. The van der Waals surface area contributed by atoms with Gasteiger partial charge in [-0.3, -0.25) is 9.59 Å². The van der Waals surface area contributed by atoms with Gasteiger partial charge in [0.2, 0.25) is 5.91 Å². The second-order valence-electron chi connectivity index (χ2n) is 6.12. The number of nitrogens with zero attached hydrogens (tertiary/aromatic N) is 1. The zero-order chi connectivity index (χ0) is 18.9. The van der Waals surface area contributed by atoms with Gasteiger partial charge in [0, 0.05) is 38.1 Å². The molecule has 136 valence electrons. The Hall–Kier alpha value is -3.08. The fourth-order valence-electron chi connectivity index (χ4n) is 2.44. The van der Waals surface area contributed by atoms with E-state index in [0.29, 0.717) is 17.8 Å². The molecular weight excluding hydrogens is 326 g/mol. The normalized spacial score (nSPS) is 10.6. The first kappa shape index (κ1) is 19.2. The van der Waals surface area contributed by atoms with Crippen LogP contribution in [0.15, 0.2) is 54.6 Å². The molecule has 26 heavy (non-hydrogen) atoms. The third-order valence-corrected chi connectivity index (χ3v) is 3.75. The van der Waals surface area contributed by atoms with Crippen molar-refractivity contribution < 1.29 is 9.59 Å². The van der Waals surface area contributed by atoms with Crippen LogP contribution in [0.2, 0.25) is 0 Å². The number of nitrogens with one attached hydrogen (secondary N) is 2. The summed E-state index contributed by atoms with van der Waals surface area (Å²) >= 11 is 0. The standard InChI is InChI=1S/C21H25N3O2/c1-4-14-22-21(26)18-15-17(11-12-19(18)24(2)3)23-20(25)13-10-16-8-6-5-7-9-16/h5-13,15H,4,14H2,1-3H3,(H,22,26)(H,23,25)/b13-10+. The summed E-state index contributed by atoms with van der Waals surface area (Å²) in [7, 11) is 3.76. The maximum Gasteiger partial charge on any atom is 0.253 e. The van der Waals surface area contributed by atoms with E-state index in [4.69, 9.17) is 0 Å². The average Bonchev–Trinajstić information content (AvgIpc) is 2.65. The zero-order valence-electron chi connectivity index (χ0n) is 15.5. The quantitative estimate of drug-likeness (QED) is 0.750. The predicted octanol–water partition coefficient (Wildman–Crippen LogP) is 3.54. The van der Waals surface area contributed by atoms with E-state index in [0.717, 1.165) is 17.7 Å². The molecule has 0 aliphatic carbocycles. The van der Waals surface area contributed by atoms with Gasteiger partial charge in [-0.2, -0.15) is 0 Å². The Morgan fingerprint density at radius 1 is 1.08 bits per heavy atom. The topological polar surface area (TPSA) is 61.4 Å². The minimum atomic E-state index is -0.244. The van der Waals surface area contributed by atoms with Gasteiger partial charge in [0.05, 0.1) is 5.56 Å². The van der Waals surface area contributed by atoms with Crippen molar-refractivity contribution in [2.24, 2.45) is 0 Å². The molecule has 0 atom stereocenters. The van der Waals surface area contributed by atoms with Crippen molar-refractivity contribution in [3.05, 3.63) is 65.7 Å². The Balaban J connectivity index is 2.15. The Labute approximate surface area is 154 Å². The van der Waals surface area contributed by atoms with Crippen LogP contribution in [-0.4, -0.2) is 32.5 Å². The van der Waals surface area contributed by atoms with Crippen molar-refractivity contribution in [2.75, 3.05) is 30.9 Å². The van der Waals surface area contributed by atoms with Crippen LogP contribution in [0.4, 0.5) is 11.4 Å². The molecule has 0 aromatic heterocycles. The Morgan fingerprint density at radius 2 is 1.81 bits per heavy atom. The van der Waals surface area contributed by atoms with Crippen LogP contribution in [0.1, 0.15) is 29.3 Å². The Bertz CT molecular complexity index is 783. The molecule has 0 bridgehead atoms. The third kappa shape index (κ3) is 5.48. The van der Waals surface area contributed by atoms with E-state index in [1.807, 2.05) is 62.3 Å². The first-order chi connectivity index (χ1) is 12.5. The van der Waals surface area contributed by atoms with E-state index in [9.17, 15) is 9.59 Å². The third-order valence-electron chi connectivity index (χ3n) is 3.75. The van der Waals surface area contributed by atoms with Gasteiger partial charge >= 0.3 is 0 Å². The lowest BCUT2D eigenvalue weighted by atomic mass is 10.1. The molecule has 0 aliphatic heterocycles. The summed E-state index contributed by atoms with van der Waals surface area (Å²) in [4.78, 5) is 26.4. The number of benzene rings is 2. The van der Waals surface area contributed by atoms with Crippen LogP contribution in [0.25, 0.3) is 6.08 Å². The van der Waals surface area contributed by atoms with Crippen molar-refractivity contribution in [2.45, 2.75) is 13.3 Å². The SMILES string of the molecule is CCCNC(=O)c1cc(NC(=O)/C=C/c2ccccc2)ccc1N(C)C. The van der Waals surface area contributed by atoms with Crippen molar-refractivity contribution in [1.29, 1.82) is 0 Å². The predicted molar refractivity (Wildman–Crippen MR) is 107 cm³/mol. The maximum atomic E-state index is 12.4. The number of rotatable bonds is 7. The van der Waals surface area contributed by atoms with Gasteiger partial charge < -0.3 is 15.5 Å². The van der Waals surface area contributed by atoms with Crippen LogP contribution in [-0.2, 0) is 4.79 Å². The second kappa shape index (κ2) is 9.42. The Morgan fingerprint density at radius 3 is 2.46 bits per heavy atom. The minimum Gasteiger partial charge on any atom is -0.377 e. The second-order valence-corrected chi connectivity index (χ2v) is 6.12. The lowest BCUT2D eigenvalue weighted by Gasteiger charge is -2.18. The minimum absolute atomic E-state index is 0.147. The van der Waals surface area contributed by atoms with Gasteiger partial charge in [-0.1, -0.05) is 37.3 Å². The molecule has 0 radical (unpaired) electrons. The fraction of sp³-hybridized carbons (Fsp3) is 0.238. The summed E-state index contributed by atoms with van der Waals surface area (Å²) < 4.78 is 0. The van der Waals surface area contributed by atoms with E-state index in [-0.39, 0.29) is 11.8 Å². The summed E-state index contributed by atoms with van der Waals surface area (Å²) in [5.41, 5.74) is 2.87. The molecule has 0 spiro atoms. The van der Waals surface area contributed by atoms with Crippen LogP contribution >= 0.6 is 0 Å². The van der Waals surface area contributed by atoms with Gasteiger partial charge in [0.1, 0.15) is 0 Å². The van der Waals surface area contributed by atoms with Gasteiger partial charge in [0.25, 0.3) is 5.91 Å². The van der Waals surface area contributed by atoms with E-state index >= 15 is 0 Å². The van der Waals surface area contributed by atoms with Crippen LogP contribution in [0.5, 0.6) is 0 Å². The van der Waals surface area contributed by atoms with E-state index in [1.165, 1.54) is 6.08 Å². The lowest BCUT2D eigenvalue weighted by molar-refractivity contribution is -0.111. The van der Waals surface area contributed by atoms with Gasteiger partial charge in [-0.05, 0) is 36.3 Å². The van der Waals surface area contributed by atoms with E-state index < -0.39 is 0 Å². The fourth-order valence-corrected chi connectivity index (χ4v) is 2.44. The highest BCUT2D eigenvalue weighted by Gasteiger charge is 2.14. The zero-order valence-corrected chi connectivity index (χ0v) is 15.5. The van der Waals surface area contributed by atoms with E-state index in [1.54, 1.807) is 18.2 Å². The summed E-state index contributed by atoms with van der Waals surface area (Å²) in [6.07, 6.45) is 4.09. The Kier molecular flexibility index (Phi) is 6.97. The molecule has 2 aromatic carbocycles. The van der Waals surface area contributed by atoms with Gasteiger partial charge in [-0.15, -0.1) is 0 Å². The number of hydrogen-bond acceptors (Lipinski definition) is 3. The molecule has 5 heteroatoms. The summed E-state index contributed by atoms with van der Waals surface area (Å²) in [6, 6.07) is 14.9. The lowest BCUT2D eigenvalue weighted by Crippen LogP contribution is -2.26. The molecule has 2 rings (SSSR count). The molecule has 0 saturated carbocycles. The van der Waals surface area contributed by atoms with Crippen LogP contribution in [0.3, 0.4) is 0 Å². The molecule has 0 saturated heterocycles. The molecular formula is C21H25N3O2. The first-order valence-electron chi connectivity index (χ1n) is 8.65. The van der Waals surface area contributed by atoms with Crippen molar-refractivity contribution >= 4 is 29.3 Å². The summed E-state index contributed by atoms with van der Waals surface area (Å²) in [5, 5.41) is 5.68. The molecule has 2 aromatic rings. The molecule has 2 amide bonds. The average molecular weight is 351 g/mol. The molecule has 5 nitrogen and oxygen atoms in total. The number of hydrogen-bond donors (Lipinski definition) is 2. The summed E-state index contributed by atoms with van der Waals surface area (Å²) in [6.45, 7) is 2.62. The van der Waals surface area contributed by atoms with E-state index in [2.05, 4.69) is 10.6 Å². The van der Waals surface area contributed by atoms with Gasteiger partial charge in [-0.25, -0.2) is 0 Å². The highest BCUT2D eigenvalue weighted by molar-refractivity contribution is 6.04. The highest BCUT2D eigenvalue weighted by atomic mass is 16.2. The molecule has 2 N–H and O–H groups in total. The van der Waals surface area contributed by atoms with Crippen LogP contribution < -0.4 is 15.5 Å². The number of anilines is 2. The maximum absolute atomic E-state index is 12.4. The first-order valence-corrected chi connectivity index (χ1v) is 8.65. The van der Waals surface area contributed by atoms with Crippen molar-refractivity contribution in [3.63, 3.8) is 0 Å². The molecule has 0 unspecified atom stereocenters. The van der Waals surface area contributed by atoms with Crippen LogP contribution in [0, 0.1) is 0 Å². The largest absolute Gasteiger partial charge is 0.377 e. The van der Waals surface area contributed by atoms with Gasteiger partial charge in [0.15, 0.2) is 0 Å². The molecule has 0 fully saturated rings. The molecule has 0 heterocycles. The van der Waals surface area contributed by atoms with Crippen molar-refractivity contribution in [3.8, 4) is 0 Å². The summed E-state index contributed by atoms with van der Waals surface area (Å²) in [5.74, 6) is -0.391. The van der Waals surface area contributed by atoms with Crippen molar-refractivity contribution in [1.82, 2.24) is 5.32 Å². The molecule has 0 aliphatic rings. The monoisotopic (exact) mass is 351 g/mol. The number of carbonyl (C=O) groups excluding carboxylic acids is 2.